The summed E-state index contributed by atoms with van der Waals surface area (Å²) in [6.07, 6.45) is -4.58. The second kappa shape index (κ2) is 4.71. The molecule has 2 N–H and O–H groups in total. The van der Waals surface area contributed by atoms with E-state index in [1.54, 1.807) is 12.1 Å². The maximum absolute atomic E-state index is 12.2. The van der Waals surface area contributed by atoms with E-state index in [1.807, 2.05) is 0 Å². The van der Waals surface area contributed by atoms with E-state index in [1.165, 1.54) is 12.1 Å². The molecule has 0 aliphatic carbocycles. The lowest BCUT2D eigenvalue weighted by atomic mass is 10.1. The zero-order valence-corrected chi connectivity index (χ0v) is 9.44. The van der Waals surface area contributed by atoms with Crippen LogP contribution >= 0.6 is 0 Å². The van der Waals surface area contributed by atoms with Gasteiger partial charge in [-0.05, 0) is 17.7 Å². The molecule has 0 saturated carbocycles. The zero-order chi connectivity index (χ0) is 14.0. The molecule has 2 rings (SSSR count). The summed E-state index contributed by atoms with van der Waals surface area (Å²) in [5, 5.41) is 3.24. The Bertz CT molecular complexity index is 590. The first kappa shape index (κ1) is 13.1. The molecule has 0 atom stereocenters. The Balaban J connectivity index is 2.13. The lowest BCUT2D eigenvalue weighted by Gasteiger charge is -1.99. The molecule has 0 spiro atoms. The molecule has 0 unspecified atom stereocenters. The lowest BCUT2D eigenvalue weighted by molar-refractivity contribution is -0.159. The summed E-state index contributed by atoms with van der Waals surface area (Å²) in [6.45, 7) is 0. The smallest absolute Gasteiger partial charge is 0.366 e. The number of carbonyl (C=O) groups is 1. The van der Waals surface area contributed by atoms with Crippen molar-refractivity contribution in [2.24, 2.45) is 5.73 Å². The molecule has 1 aromatic carbocycles. The quantitative estimate of drug-likeness (QED) is 0.922. The highest BCUT2D eigenvalue weighted by Gasteiger charge is 2.38. The molecule has 2 aromatic rings. The number of hydrogen-bond donors (Lipinski definition) is 1. The molecule has 0 fully saturated rings. The number of amides is 1. The first-order valence-corrected chi connectivity index (χ1v) is 5.15. The summed E-state index contributed by atoms with van der Waals surface area (Å²) in [4.78, 5) is 14.1. The highest BCUT2D eigenvalue weighted by molar-refractivity contribution is 5.92. The maximum Gasteiger partial charge on any atom is 0.471 e. The first-order valence-electron chi connectivity index (χ1n) is 5.15. The fourth-order valence-corrected chi connectivity index (χ4v) is 1.41. The summed E-state index contributed by atoms with van der Waals surface area (Å²) in [5.74, 6) is -2.04. The van der Waals surface area contributed by atoms with Crippen LogP contribution in [0.15, 0.2) is 28.8 Å². The molecule has 19 heavy (non-hydrogen) atoms. The second-order valence-corrected chi connectivity index (χ2v) is 3.75. The van der Waals surface area contributed by atoms with Crippen LogP contribution in [0, 0.1) is 0 Å². The van der Waals surface area contributed by atoms with Gasteiger partial charge in [0.2, 0.25) is 5.91 Å². The molecule has 1 aromatic heterocycles. The molecule has 5 nitrogen and oxygen atoms in total. The van der Waals surface area contributed by atoms with Gasteiger partial charge in [-0.1, -0.05) is 17.3 Å². The van der Waals surface area contributed by atoms with Crippen LogP contribution in [0.3, 0.4) is 0 Å². The number of benzene rings is 1. The van der Waals surface area contributed by atoms with Crippen LogP contribution in [-0.2, 0) is 12.6 Å². The van der Waals surface area contributed by atoms with Crippen molar-refractivity contribution >= 4 is 5.91 Å². The predicted molar refractivity (Wildman–Crippen MR) is 57.1 cm³/mol. The number of aromatic nitrogens is 2. The van der Waals surface area contributed by atoms with E-state index in [4.69, 9.17) is 5.73 Å². The average Bonchev–Trinajstić information content (AvgIpc) is 2.78. The fraction of sp³-hybridized carbons (Fsp3) is 0.182. The Morgan fingerprint density at radius 2 is 1.89 bits per heavy atom. The van der Waals surface area contributed by atoms with Crippen LogP contribution in [-0.4, -0.2) is 16.0 Å². The minimum absolute atomic E-state index is 0.0681. The van der Waals surface area contributed by atoms with Crippen LogP contribution in [0.1, 0.15) is 27.6 Å². The summed E-state index contributed by atoms with van der Waals surface area (Å²) in [6, 6.07) is 6.07. The number of nitrogens with zero attached hydrogens (tertiary/aromatic N) is 2. The largest absolute Gasteiger partial charge is 0.471 e. The van der Waals surface area contributed by atoms with Crippen molar-refractivity contribution in [2.45, 2.75) is 12.6 Å². The Hall–Kier alpha value is -2.38. The van der Waals surface area contributed by atoms with Crippen molar-refractivity contribution in [2.75, 3.05) is 0 Å². The summed E-state index contributed by atoms with van der Waals surface area (Å²) >= 11 is 0. The van der Waals surface area contributed by atoms with Crippen molar-refractivity contribution in [3.63, 3.8) is 0 Å². The molecule has 1 amide bonds. The molecule has 0 radical (unpaired) electrons. The fourth-order valence-electron chi connectivity index (χ4n) is 1.41. The van der Waals surface area contributed by atoms with Gasteiger partial charge in [0.25, 0.3) is 0 Å². The van der Waals surface area contributed by atoms with Gasteiger partial charge in [0.15, 0.2) is 5.82 Å². The first-order chi connectivity index (χ1) is 8.86. The van der Waals surface area contributed by atoms with Crippen molar-refractivity contribution in [3.8, 4) is 0 Å². The summed E-state index contributed by atoms with van der Waals surface area (Å²) in [5.41, 5.74) is 6.02. The van der Waals surface area contributed by atoms with E-state index in [-0.39, 0.29) is 12.2 Å². The maximum atomic E-state index is 12.2. The minimum atomic E-state index is -4.65. The van der Waals surface area contributed by atoms with Gasteiger partial charge in [-0.15, -0.1) is 0 Å². The number of halogens is 3. The standard InChI is InChI=1S/C11H8F3N3O2/c12-11(13,14)10-16-8(17-19-10)5-6-1-3-7(4-2-6)9(15)18/h1-4H,5H2,(H2,15,18). The van der Waals surface area contributed by atoms with Crippen molar-refractivity contribution in [1.29, 1.82) is 0 Å². The van der Waals surface area contributed by atoms with Gasteiger partial charge in [0.1, 0.15) is 0 Å². The Morgan fingerprint density at radius 1 is 1.26 bits per heavy atom. The Kier molecular flexibility index (Phi) is 3.24. The monoisotopic (exact) mass is 271 g/mol. The van der Waals surface area contributed by atoms with Gasteiger partial charge in [-0.3, -0.25) is 4.79 Å². The van der Waals surface area contributed by atoms with Gasteiger partial charge >= 0.3 is 12.1 Å². The predicted octanol–water partition coefficient (Wildman–Crippen LogP) is 1.78. The highest BCUT2D eigenvalue weighted by atomic mass is 19.4. The van der Waals surface area contributed by atoms with E-state index in [0.717, 1.165) is 0 Å². The third-order valence-electron chi connectivity index (χ3n) is 2.31. The van der Waals surface area contributed by atoms with Crippen molar-refractivity contribution in [1.82, 2.24) is 10.1 Å². The highest BCUT2D eigenvalue weighted by Crippen LogP contribution is 2.27. The van der Waals surface area contributed by atoms with Crippen LogP contribution in [0.25, 0.3) is 0 Å². The van der Waals surface area contributed by atoms with Gasteiger partial charge in [0.05, 0.1) is 0 Å². The van der Waals surface area contributed by atoms with Crippen LogP contribution in [0.2, 0.25) is 0 Å². The molecule has 100 valence electrons. The van der Waals surface area contributed by atoms with Crippen molar-refractivity contribution in [3.05, 3.63) is 47.1 Å². The van der Waals surface area contributed by atoms with Gasteiger partial charge in [0, 0.05) is 12.0 Å². The van der Waals surface area contributed by atoms with Gasteiger partial charge < -0.3 is 10.3 Å². The number of carbonyl (C=O) groups excluding carboxylic acids is 1. The minimum Gasteiger partial charge on any atom is -0.366 e. The number of hydrogen-bond acceptors (Lipinski definition) is 4. The number of rotatable bonds is 3. The summed E-state index contributed by atoms with van der Waals surface area (Å²) < 4.78 is 40.8. The zero-order valence-electron chi connectivity index (χ0n) is 9.44. The second-order valence-electron chi connectivity index (χ2n) is 3.75. The van der Waals surface area contributed by atoms with E-state index in [2.05, 4.69) is 14.7 Å². The van der Waals surface area contributed by atoms with Gasteiger partial charge in [-0.25, -0.2) is 0 Å². The van der Waals surface area contributed by atoms with E-state index < -0.39 is 18.0 Å². The van der Waals surface area contributed by atoms with E-state index in [9.17, 15) is 18.0 Å². The Labute approximate surface area is 105 Å². The third kappa shape index (κ3) is 3.09. The number of primary amides is 1. The topological polar surface area (TPSA) is 82.0 Å². The van der Waals surface area contributed by atoms with Gasteiger partial charge in [-0.2, -0.15) is 18.2 Å². The molecule has 0 bridgehead atoms. The lowest BCUT2D eigenvalue weighted by Crippen LogP contribution is -2.10. The number of nitrogens with two attached hydrogens (primary N) is 1. The molecule has 1 heterocycles. The van der Waals surface area contributed by atoms with Crippen LogP contribution in [0.5, 0.6) is 0 Å². The molecule has 0 aliphatic rings. The molecule has 0 saturated heterocycles. The van der Waals surface area contributed by atoms with E-state index in [0.29, 0.717) is 11.1 Å². The normalized spacial score (nSPS) is 11.5. The molecule has 8 heteroatoms. The Morgan fingerprint density at radius 3 is 2.37 bits per heavy atom. The molecular weight excluding hydrogens is 263 g/mol. The average molecular weight is 271 g/mol. The van der Waals surface area contributed by atoms with Crippen LogP contribution in [0.4, 0.5) is 13.2 Å². The van der Waals surface area contributed by atoms with E-state index >= 15 is 0 Å². The number of alkyl halides is 3. The molecular formula is C11H8F3N3O2. The third-order valence-corrected chi connectivity index (χ3v) is 2.31. The van der Waals surface area contributed by atoms with Crippen LogP contribution < -0.4 is 5.73 Å². The molecule has 0 aliphatic heterocycles. The summed E-state index contributed by atoms with van der Waals surface area (Å²) in [7, 11) is 0. The SMILES string of the molecule is NC(=O)c1ccc(Cc2noc(C(F)(F)F)n2)cc1. The van der Waals surface area contributed by atoms with Crippen molar-refractivity contribution < 1.29 is 22.5 Å².